The maximum absolute atomic E-state index is 12.9. The van der Waals surface area contributed by atoms with Gasteiger partial charge in [-0.25, -0.2) is 0 Å². The van der Waals surface area contributed by atoms with Crippen LogP contribution in [0.25, 0.3) is 0 Å². The van der Waals surface area contributed by atoms with Crippen LogP contribution in [0.15, 0.2) is 48.5 Å². The third kappa shape index (κ3) is 3.08. The molecule has 2 aliphatic rings. The molecule has 5 heteroatoms. The first-order chi connectivity index (χ1) is 12.7. The van der Waals surface area contributed by atoms with Crippen LogP contribution in [0.5, 0.6) is 5.75 Å². The van der Waals surface area contributed by atoms with Crippen LogP contribution in [0.3, 0.4) is 0 Å². The molecule has 1 saturated heterocycles. The molecule has 2 fully saturated rings. The summed E-state index contributed by atoms with van der Waals surface area (Å²) in [5.74, 6) is 1.08. The molecule has 1 amide bonds. The Morgan fingerprint density at radius 3 is 2.46 bits per heavy atom. The number of amides is 1. The minimum atomic E-state index is -0.233. The summed E-state index contributed by atoms with van der Waals surface area (Å²) in [6.07, 6.45) is 3.11. The predicted octanol–water partition coefficient (Wildman–Crippen LogP) is 2.70. The van der Waals surface area contributed by atoms with E-state index in [-0.39, 0.29) is 11.4 Å². The van der Waals surface area contributed by atoms with Gasteiger partial charge in [0, 0.05) is 24.6 Å². The quantitative estimate of drug-likeness (QED) is 0.775. The van der Waals surface area contributed by atoms with Crippen molar-refractivity contribution in [2.75, 3.05) is 20.2 Å². The highest BCUT2D eigenvalue weighted by Crippen LogP contribution is 2.41. The monoisotopic (exact) mass is 351 g/mol. The van der Waals surface area contributed by atoms with Gasteiger partial charge in [-0.2, -0.15) is 0 Å². The molecule has 0 bridgehead atoms. The number of hydrogen-bond donors (Lipinski definition) is 3. The lowest BCUT2D eigenvalue weighted by atomic mass is 9.71. The molecule has 2 aromatic rings. The van der Waals surface area contributed by atoms with Gasteiger partial charge in [0.05, 0.1) is 12.6 Å². The van der Waals surface area contributed by atoms with Crippen LogP contribution >= 0.6 is 0 Å². The Morgan fingerprint density at radius 1 is 1.12 bits per heavy atom. The Hall–Kier alpha value is -2.37. The number of hydrazine groups is 1. The molecule has 1 heterocycles. The molecule has 136 valence electrons. The van der Waals surface area contributed by atoms with Crippen molar-refractivity contribution in [1.29, 1.82) is 0 Å². The van der Waals surface area contributed by atoms with E-state index in [1.54, 1.807) is 7.11 Å². The van der Waals surface area contributed by atoms with E-state index in [1.807, 2.05) is 36.4 Å². The molecule has 4 rings (SSSR count). The molecule has 2 aromatic carbocycles. The van der Waals surface area contributed by atoms with Gasteiger partial charge in [-0.3, -0.25) is 15.6 Å². The molecule has 0 atom stereocenters. The Labute approximate surface area is 154 Å². The topological polar surface area (TPSA) is 62.4 Å². The molecule has 0 spiro atoms. The summed E-state index contributed by atoms with van der Waals surface area (Å²) in [6.45, 7) is 1.72. The van der Waals surface area contributed by atoms with Gasteiger partial charge in [0.1, 0.15) is 5.75 Å². The van der Waals surface area contributed by atoms with Crippen molar-refractivity contribution in [1.82, 2.24) is 16.2 Å². The molecular formula is C21H25N3O2. The highest BCUT2D eigenvalue weighted by atomic mass is 16.5. The van der Waals surface area contributed by atoms with Gasteiger partial charge in [0.2, 0.25) is 0 Å². The second kappa shape index (κ2) is 7.09. The lowest BCUT2D eigenvalue weighted by molar-refractivity contribution is 0.0823. The van der Waals surface area contributed by atoms with Crippen LogP contribution in [0.1, 0.15) is 46.7 Å². The molecule has 0 aromatic heterocycles. The molecule has 1 aliphatic heterocycles. The number of hydrogen-bond acceptors (Lipinski definition) is 4. The number of ether oxygens (including phenoxy) is 1. The molecule has 1 aliphatic carbocycles. The number of nitrogens with one attached hydrogen (secondary N) is 3. The standard InChI is InChI=1S/C21H25N3O2/c1-26-19-12-15(8-9-18(19)16-13-22-23-14-16)20(25)24-21(10-5-11-21)17-6-3-2-4-7-17/h2-4,6-9,12,16,22-23H,5,10-11,13-14H2,1H3,(H,24,25). The lowest BCUT2D eigenvalue weighted by Crippen LogP contribution is -2.50. The molecule has 26 heavy (non-hydrogen) atoms. The summed E-state index contributed by atoms with van der Waals surface area (Å²) in [6, 6.07) is 16.1. The third-order valence-electron chi connectivity index (χ3n) is 5.64. The normalized spacial score (nSPS) is 19.0. The van der Waals surface area contributed by atoms with E-state index in [9.17, 15) is 4.79 Å². The molecular weight excluding hydrogens is 326 g/mol. The fourth-order valence-corrected chi connectivity index (χ4v) is 3.94. The SMILES string of the molecule is COc1cc(C(=O)NC2(c3ccccc3)CCC2)ccc1C1CNNC1. The van der Waals surface area contributed by atoms with Gasteiger partial charge >= 0.3 is 0 Å². The van der Waals surface area contributed by atoms with Gasteiger partial charge < -0.3 is 10.1 Å². The van der Waals surface area contributed by atoms with Crippen molar-refractivity contribution >= 4 is 5.91 Å². The largest absolute Gasteiger partial charge is 0.496 e. The van der Waals surface area contributed by atoms with Crippen LogP contribution in [0.2, 0.25) is 0 Å². The summed E-state index contributed by atoms with van der Waals surface area (Å²) in [7, 11) is 1.66. The van der Waals surface area contributed by atoms with E-state index in [4.69, 9.17) is 4.74 Å². The summed E-state index contributed by atoms with van der Waals surface area (Å²) in [5.41, 5.74) is 9.00. The average Bonchev–Trinajstić information content (AvgIpc) is 3.19. The van der Waals surface area contributed by atoms with Crippen molar-refractivity contribution in [2.45, 2.75) is 30.7 Å². The van der Waals surface area contributed by atoms with Crippen molar-refractivity contribution in [3.05, 3.63) is 65.2 Å². The number of benzene rings is 2. The zero-order valence-electron chi connectivity index (χ0n) is 15.0. The first-order valence-electron chi connectivity index (χ1n) is 9.23. The smallest absolute Gasteiger partial charge is 0.252 e. The first kappa shape index (κ1) is 17.1. The van der Waals surface area contributed by atoms with Crippen LogP contribution < -0.4 is 20.9 Å². The van der Waals surface area contributed by atoms with Crippen molar-refractivity contribution in [3.63, 3.8) is 0 Å². The Bertz CT molecular complexity index is 781. The zero-order chi connectivity index (χ0) is 18.0. The van der Waals surface area contributed by atoms with Crippen molar-refractivity contribution in [2.24, 2.45) is 0 Å². The number of carbonyl (C=O) groups excluding carboxylic acids is 1. The maximum atomic E-state index is 12.9. The highest BCUT2D eigenvalue weighted by Gasteiger charge is 2.40. The Kier molecular flexibility index (Phi) is 4.66. The van der Waals surface area contributed by atoms with E-state index in [0.717, 1.165) is 43.7 Å². The van der Waals surface area contributed by atoms with Crippen LogP contribution in [0, 0.1) is 0 Å². The van der Waals surface area contributed by atoms with Gasteiger partial charge in [0.15, 0.2) is 0 Å². The second-order valence-electron chi connectivity index (χ2n) is 7.17. The molecule has 1 saturated carbocycles. The predicted molar refractivity (Wildman–Crippen MR) is 101 cm³/mol. The molecule has 0 unspecified atom stereocenters. The molecule has 3 N–H and O–H groups in total. The minimum Gasteiger partial charge on any atom is -0.496 e. The van der Waals surface area contributed by atoms with Gasteiger partial charge in [-0.15, -0.1) is 0 Å². The Morgan fingerprint density at radius 2 is 1.85 bits per heavy atom. The number of rotatable bonds is 5. The highest BCUT2D eigenvalue weighted by molar-refractivity contribution is 5.95. The zero-order valence-corrected chi connectivity index (χ0v) is 15.0. The Balaban J connectivity index is 1.56. The van der Waals surface area contributed by atoms with E-state index < -0.39 is 0 Å². The van der Waals surface area contributed by atoms with Crippen molar-refractivity contribution in [3.8, 4) is 5.75 Å². The maximum Gasteiger partial charge on any atom is 0.252 e. The van der Waals surface area contributed by atoms with Crippen molar-refractivity contribution < 1.29 is 9.53 Å². The summed E-state index contributed by atoms with van der Waals surface area (Å²) in [4.78, 5) is 12.9. The molecule has 5 nitrogen and oxygen atoms in total. The molecule has 0 radical (unpaired) electrons. The van der Waals surface area contributed by atoms with Crippen LogP contribution in [-0.2, 0) is 5.54 Å². The van der Waals surface area contributed by atoms with E-state index in [2.05, 4.69) is 28.3 Å². The number of methoxy groups -OCH3 is 1. The lowest BCUT2D eigenvalue weighted by Gasteiger charge is -2.43. The fourth-order valence-electron chi connectivity index (χ4n) is 3.94. The fraction of sp³-hybridized carbons (Fsp3) is 0.381. The van der Waals surface area contributed by atoms with Crippen LogP contribution in [-0.4, -0.2) is 26.1 Å². The first-order valence-corrected chi connectivity index (χ1v) is 9.23. The van der Waals surface area contributed by atoms with E-state index in [0.29, 0.717) is 11.5 Å². The summed E-state index contributed by atoms with van der Waals surface area (Å²) < 4.78 is 5.57. The van der Waals surface area contributed by atoms with Crippen LogP contribution in [0.4, 0.5) is 0 Å². The average molecular weight is 351 g/mol. The third-order valence-corrected chi connectivity index (χ3v) is 5.64. The van der Waals surface area contributed by atoms with Gasteiger partial charge in [0.25, 0.3) is 5.91 Å². The summed E-state index contributed by atoms with van der Waals surface area (Å²) in [5, 5.41) is 3.28. The second-order valence-corrected chi connectivity index (χ2v) is 7.17. The summed E-state index contributed by atoms with van der Waals surface area (Å²) >= 11 is 0. The minimum absolute atomic E-state index is 0.0407. The van der Waals surface area contributed by atoms with E-state index >= 15 is 0 Å². The number of carbonyl (C=O) groups is 1. The van der Waals surface area contributed by atoms with Gasteiger partial charge in [-0.05, 0) is 42.5 Å². The van der Waals surface area contributed by atoms with E-state index in [1.165, 1.54) is 5.56 Å². The van der Waals surface area contributed by atoms with Gasteiger partial charge in [-0.1, -0.05) is 36.4 Å².